The van der Waals surface area contributed by atoms with Crippen LogP contribution < -0.4 is 0 Å². The predicted molar refractivity (Wildman–Crippen MR) is 248 cm³/mol. The van der Waals surface area contributed by atoms with E-state index in [-0.39, 0.29) is 0 Å². The molecule has 12 aromatic rings. The zero-order valence-electron chi connectivity index (χ0n) is 32.0. The topological polar surface area (TPSA) is 30.7 Å². The van der Waals surface area contributed by atoms with Gasteiger partial charge in [0.1, 0.15) is 0 Å². The lowest BCUT2D eigenvalue weighted by Crippen LogP contribution is -1.97. The van der Waals surface area contributed by atoms with Crippen molar-refractivity contribution < 1.29 is 0 Å². The molecular weight excluding hydrogens is 715 g/mol. The van der Waals surface area contributed by atoms with Crippen molar-refractivity contribution in [2.45, 2.75) is 0 Å². The minimum Gasteiger partial charge on any atom is -0.309 e. The molecule has 0 aliphatic rings. The second-order valence-electron chi connectivity index (χ2n) is 15.4. The van der Waals surface area contributed by atoms with E-state index in [9.17, 15) is 0 Å². The van der Waals surface area contributed by atoms with Crippen LogP contribution in [0.25, 0.3) is 116 Å². The zero-order chi connectivity index (χ0) is 38.9. The third kappa shape index (κ3) is 5.51. The molecule has 3 nitrogen and oxygen atoms in total. The summed E-state index contributed by atoms with van der Waals surface area (Å²) in [6, 6.07) is 76.3. The number of para-hydroxylation sites is 2. The Kier molecular flexibility index (Phi) is 7.54. The molecule has 0 aliphatic carbocycles. The molecule has 0 bridgehead atoms. The van der Waals surface area contributed by atoms with Gasteiger partial charge in [0.15, 0.2) is 0 Å². The molecule has 274 valence electrons. The number of rotatable bonds is 5. The molecule has 0 unspecified atom stereocenters. The van der Waals surface area contributed by atoms with Crippen molar-refractivity contribution in [3.05, 3.63) is 212 Å². The summed E-state index contributed by atoms with van der Waals surface area (Å²) in [5, 5.41) is 10.8. The van der Waals surface area contributed by atoms with Gasteiger partial charge in [0.2, 0.25) is 0 Å². The average molecular weight is 750 g/mol. The summed E-state index contributed by atoms with van der Waals surface area (Å²) in [5.41, 5.74) is 12.9. The fourth-order valence-corrected chi connectivity index (χ4v) is 9.07. The van der Waals surface area contributed by atoms with Crippen LogP contribution in [0.5, 0.6) is 0 Å². The summed E-state index contributed by atoms with van der Waals surface area (Å²) in [7, 11) is 0. The standard InChI is InChI=1S/C56H35N3/c1-2-14-39(15-3-1)55-49-31-30-47-46-18-9-11-21-53(46)59(56(47)54(49)48-19-8-10-20-50(48)58-55)45-28-26-38(27-29-45)51-34-44(42-24-22-36-12-4-6-16-40(36)32-42)35-52(57-51)43-25-23-37-13-5-7-17-41(37)33-43/h1-35H. The molecule has 0 N–H and O–H groups in total. The van der Waals surface area contributed by atoms with E-state index in [0.29, 0.717) is 0 Å². The van der Waals surface area contributed by atoms with Crippen LogP contribution in [-0.2, 0) is 0 Å². The molecule has 0 radical (unpaired) electrons. The molecule has 0 amide bonds. The monoisotopic (exact) mass is 749 g/mol. The fourth-order valence-electron chi connectivity index (χ4n) is 9.07. The summed E-state index contributed by atoms with van der Waals surface area (Å²) >= 11 is 0. The maximum absolute atomic E-state index is 5.36. The summed E-state index contributed by atoms with van der Waals surface area (Å²) in [4.78, 5) is 10.6. The third-order valence-electron chi connectivity index (χ3n) is 11.9. The first-order valence-corrected chi connectivity index (χ1v) is 20.1. The number of hydrogen-bond donors (Lipinski definition) is 0. The number of pyridine rings is 2. The first kappa shape index (κ1) is 33.3. The van der Waals surface area contributed by atoms with Crippen LogP contribution in [0.2, 0.25) is 0 Å². The van der Waals surface area contributed by atoms with Crippen LogP contribution in [0.3, 0.4) is 0 Å². The molecule has 59 heavy (non-hydrogen) atoms. The highest BCUT2D eigenvalue weighted by atomic mass is 15.0. The van der Waals surface area contributed by atoms with Crippen LogP contribution in [0.1, 0.15) is 0 Å². The highest BCUT2D eigenvalue weighted by molar-refractivity contribution is 6.26. The summed E-state index contributed by atoms with van der Waals surface area (Å²) in [6.07, 6.45) is 0. The van der Waals surface area contributed by atoms with Gasteiger partial charge in [-0.05, 0) is 81.2 Å². The molecule has 0 saturated carbocycles. The van der Waals surface area contributed by atoms with Crippen molar-refractivity contribution >= 4 is 65.0 Å². The number of benzene rings is 9. The summed E-state index contributed by atoms with van der Waals surface area (Å²) < 4.78 is 2.44. The SMILES string of the molecule is c1ccc(-c2nc3ccccc3c3c2ccc2c4ccccc4n(-c4ccc(-c5cc(-c6ccc7ccccc7c6)cc(-c6ccc7ccccc7c6)n5)cc4)c23)cc1. The van der Waals surface area contributed by atoms with E-state index in [0.717, 1.165) is 61.3 Å². The van der Waals surface area contributed by atoms with Gasteiger partial charge in [-0.1, -0.05) is 164 Å². The fraction of sp³-hybridized carbons (Fsp3) is 0. The minimum absolute atomic E-state index is 0.933. The molecule has 0 fully saturated rings. The number of fused-ring (bicyclic) bond motifs is 9. The molecule has 3 aromatic heterocycles. The van der Waals surface area contributed by atoms with Crippen molar-refractivity contribution in [1.29, 1.82) is 0 Å². The van der Waals surface area contributed by atoms with E-state index in [4.69, 9.17) is 9.97 Å². The molecule has 3 heteroatoms. The number of hydrogen-bond acceptors (Lipinski definition) is 2. The lowest BCUT2D eigenvalue weighted by molar-refractivity contribution is 1.19. The Bertz CT molecular complexity index is 3500. The van der Waals surface area contributed by atoms with Gasteiger partial charge in [-0.3, -0.25) is 0 Å². The molecule has 0 aliphatic heterocycles. The highest BCUT2D eigenvalue weighted by Gasteiger charge is 2.20. The Morgan fingerprint density at radius 2 is 0.898 bits per heavy atom. The Hall–Kier alpha value is -7.88. The van der Waals surface area contributed by atoms with Crippen LogP contribution in [-0.4, -0.2) is 14.5 Å². The van der Waals surface area contributed by atoms with Gasteiger partial charge < -0.3 is 4.57 Å². The van der Waals surface area contributed by atoms with Crippen molar-refractivity contribution in [3.63, 3.8) is 0 Å². The third-order valence-corrected chi connectivity index (χ3v) is 11.9. The zero-order valence-corrected chi connectivity index (χ0v) is 32.0. The molecule has 3 heterocycles. The van der Waals surface area contributed by atoms with Crippen LogP contribution in [0.4, 0.5) is 0 Å². The van der Waals surface area contributed by atoms with Gasteiger partial charge in [0.05, 0.1) is 33.6 Å². The Labute approximate surface area is 341 Å². The maximum atomic E-state index is 5.36. The van der Waals surface area contributed by atoms with Crippen molar-refractivity contribution in [2.75, 3.05) is 0 Å². The van der Waals surface area contributed by atoms with Gasteiger partial charge in [0.25, 0.3) is 0 Å². The first-order valence-electron chi connectivity index (χ1n) is 20.1. The van der Waals surface area contributed by atoms with Crippen molar-refractivity contribution in [1.82, 2.24) is 14.5 Å². The van der Waals surface area contributed by atoms with E-state index in [1.807, 2.05) is 0 Å². The molecule has 0 spiro atoms. The smallest absolute Gasteiger partial charge is 0.0788 e. The lowest BCUT2D eigenvalue weighted by Gasteiger charge is -2.15. The van der Waals surface area contributed by atoms with E-state index in [2.05, 4.69) is 217 Å². The molecule has 9 aromatic carbocycles. The maximum Gasteiger partial charge on any atom is 0.0788 e. The molecule has 0 saturated heterocycles. The Morgan fingerprint density at radius 3 is 1.66 bits per heavy atom. The largest absolute Gasteiger partial charge is 0.309 e. The lowest BCUT2D eigenvalue weighted by atomic mass is 9.97. The van der Waals surface area contributed by atoms with Gasteiger partial charge in [-0.15, -0.1) is 0 Å². The molecule has 12 rings (SSSR count). The van der Waals surface area contributed by atoms with Gasteiger partial charge in [-0.25, -0.2) is 9.97 Å². The van der Waals surface area contributed by atoms with Gasteiger partial charge in [-0.2, -0.15) is 0 Å². The predicted octanol–water partition coefficient (Wildman–Crippen LogP) is 14.9. The Morgan fingerprint density at radius 1 is 0.322 bits per heavy atom. The quantitative estimate of drug-likeness (QED) is 0.164. The number of nitrogens with zero attached hydrogens (tertiary/aromatic N) is 3. The highest BCUT2D eigenvalue weighted by Crippen LogP contribution is 2.42. The van der Waals surface area contributed by atoms with Crippen molar-refractivity contribution in [2.24, 2.45) is 0 Å². The van der Waals surface area contributed by atoms with E-state index < -0.39 is 0 Å². The van der Waals surface area contributed by atoms with Gasteiger partial charge >= 0.3 is 0 Å². The number of aromatic nitrogens is 3. The van der Waals surface area contributed by atoms with Crippen molar-refractivity contribution in [3.8, 4) is 50.6 Å². The summed E-state index contributed by atoms with van der Waals surface area (Å²) in [6.45, 7) is 0. The molecule has 0 atom stereocenters. The minimum atomic E-state index is 0.933. The van der Waals surface area contributed by atoms with Crippen LogP contribution in [0, 0.1) is 0 Å². The Balaban J connectivity index is 1.06. The van der Waals surface area contributed by atoms with E-state index in [1.54, 1.807) is 0 Å². The molecular formula is C56H35N3. The van der Waals surface area contributed by atoms with E-state index >= 15 is 0 Å². The summed E-state index contributed by atoms with van der Waals surface area (Å²) in [5.74, 6) is 0. The van der Waals surface area contributed by atoms with E-state index in [1.165, 1.54) is 54.3 Å². The second kappa shape index (κ2) is 13.4. The van der Waals surface area contributed by atoms with Gasteiger partial charge in [0, 0.05) is 49.3 Å². The second-order valence-corrected chi connectivity index (χ2v) is 15.4. The van der Waals surface area contributed by atoms with Crippen LogP contribution >= 0.6 is 0 Å². The average Bonchev–Trinajstić information content (AvgIpc) is 3.65. The van der Waals surface area contributed by atoms with Crippen LogP contribution in [0.15, 0.2) is 212 Å². The normalized spacial score (nSPS) is 11.7. The first-order chi connectivity index (χ1) is 29.2.